The van der Waals surface area contributed by atoms with E-state index in [4.69, 9.17) is 32.1 Å². The molecule has 74 valence electrons. The predicted molar refractivity (Wildman–Crippen MR) is 53.7 cm³/mol. The number of benzene rings is 1. The SMILES string of the molecule is COc1c(Cl)cc(C#N)c(N)c1OC. The van der Waals surface area contributed by atoms with E-state index in [1.54, 1.807) is 0 Å². The van der Waals surface area contributed by atoms with Crippen molar-refractivity contribution in [1.82, 2.24) is 0 Å². The summed E-state index contributed by atoms with van der Waals surface area (Å²) in [5, 5.41) is 9.04. The first-order valence-corrected chi connectivity index (χ1v) is 4.13. The van der Waals surface area contributed by atoms with Crippen molar-refractivity contribution in [2.24, 2.45) is 0 Å². The summed E-state index contributed by atoms with van der Waals surface area (Å²) in [5.41, 5.74) is 6.17. The lowest BCUT2D eigenvalue weighted by atomic mass is 10.1. The fourth-order valence-electron chi connectivity index (χ4n) is 1.11. The average molecular weight is 213 g/mol. The fourth-order valence-corrected chi connectivity index (χ4v) is 1.38. The normalized spacial score (nSPS) is 9.29. The molecule has 5 heteroatoms. The Balaban J connectivity index is 3.50. The van der Waals surface area contributed by atoms with Gasteiger partial charge in [-0.15, -0.1) is 0 Å². The molecule has 1 aromatic rings. The summed E-state index contributed by atoms with van der Waals surface area (Å²) in [4.78, 5) is 0. The molecule has 0 amide bonds. The van der Waals surface area contributed by atoms with Crippen molar-refractivity contribution in [3.63, 3.8) is 0 Å². The molecule has 2 N–H and O–H groups in total. The van der Waals surface area contributed by atoms with Gasteiger partial charge in [0.25, 0.3) is 0 Å². The van der Waals surface area contributed by atoms with Crippen molar-refractivity contribution in [1.29, 1.82) is 5.26 Å². The molecule has 0 heterocycles. The Morgan fingerprint density at radius 3 is 2.36 bits per heavy atom. The Bertz CT molecular complexity index is 395. The van der Waals surface area contributed by atoms with Gasteiger partial charge >= 0.3 is 0 Å². The minimum atomic E-state index is 0.233. The van der Waals surface area contributed by atoms with Crippen LogP contribution >= 0.6 is 11.6 Å². The molecule has 0 aromatic heterocycles. The second-order valence-electron chi connectivity index (χ2n) is 2.50. The number of halogens is 1. The van der Waals surface area contributed by atoms with Gasteiger partial charge in [0.05, 0.1) is 30.5 Å². The van der Waals surface area contributed by atoms with E-state index in [1.807, 2.05) is 6.07 Å². The minimum absolute atomic E-state index is 0.233. The number of nitrogens with zero attached hydrogens (tertiary/aromatic N) is 1. The number of anilines is 1. The van der Waals surface area contributed by atoms with Gasteiger partial charge in [0.15, 0.2) is 11.5 Å². The predicted octanol–water partition coefficient (Wildman–Crippen LogP) is 1.81. The Morgan fingerprint density at radius 2 is 1.93 bits per heavy atom. The van der Waals surface area contributed by atoms with Gasteiger partial charge in [-0.3, -0.25) is 0 Å². The van der Waals surface area contributed by atoms with Crippen molar-refractivity contribution in [2.45, 2.75) is 0 Å². The van der Waals surface area contributed by atoms with Gasteiger partial charge in [-0.2, -0.15) is 5.26 Å². The third kappa shape index (κ3) is 1.54. The van der Waals surface area contributed by atoms with Gasteiger partial charge in [-0.1, -0.05) is 11.6 Å². The highest BCUT2D eigenvalue weighted by atomic mass is 35.5. The lowest BCUT2D eigenvalue weighted by Crippen LogP contribution is -1.99. The molecule has 0 bridgehead atoms. The van der Waals surface area contributed by atoms with Crippen LogP contribution in [0.5, 0.6) is 11.5 Å². The van der Waals surface area contributed by atoms with E-state index in [2.05, 4.69) is 0 Å². The summed E-state index contributed by atoms with van der Waals surface area (Å²) in [5.74, 6) is 0.627. The summed E-state index contributed by atoms with van der Waals surface area (Å²) < 4.78 is 10.0. The zero-order valence-electron chi connectivity index (χ0n) is 7.80. The second kappa shape index (κ2) is 4.07. The monoisotopic (exact) mass is 212 g/mol. The topological polar surface area (TPSA) is 68.3 Å². The van der Waals surface area contributed by atoms with Crippen LogP contribution in [0.15, 0.2) is 6.07 Å². The number of ether oxygens (including phenoxy) is 2. The summed E-state index contributed by atoms with van der Waals surface area (Å²) in [6.07, 6.45) is 0. The number of nitrogen functional groups attached to an aromatic ring is 1. The van der Waals surface area contributed by atoms with E-state index in [0.29, 0.717) is 10.8 Å². The average Bonchev–Trinajstić information content (AvgIpc) is 2.20. The molecule has 0 saturated heterocycles. The van der Waals surface area contributed by atoms with Gasteiger partial charge in [-0.05, 0) is 6.07 Å². The van der Waals surface area contributed by atoms with Crippen LogP contribution in [0.2, 0.25) is 5.02 Å². The van der Waals surface area contributed by atoms with Crippen molar-refractivity contribution < 1.29 is 9.47 Å². The van der Waals surface area contributed by atoms with Crippen LogP contribution in [-0.2, 0) is 0 Å². The minimum Gasteiger partial charge on any atom is -0.491 e. The second-order valence-corrected chi connectivity index (χ2v) is 2.91. The molecular weight excluding hydrogens is 204 g/mol. The first-order valence-electron chi connectivity index (χ1n) is 3.75. The molecule has 0 aliphatic heterocycles. The van der Waals surface area contributed by atoms with Crippen molar-refractivity contribution >= 4 is 17.3 Å². The molecule has 0 spiro atoms. The summed E-state index contributed by atoms with van der Waals surface area (Å²) in [7, 11) is 2.89. The van der Waals surface area contributed by atoms with Crippen LogP contribution in [0.4, 0.5) is 5.69 Å². The van der Waals surface area contributed by atoms with E-state index < -0.39 is 0 Å². The molecule has 0 unspecified atom stereocenters. The Morgan fingerprint density at radius 1 is 1.36 bits per heavy atom. The first-order chi connectivity index (χ1) is 6.65. The van der Waals surface area contributed by atoms with Crippen molar-refractivity contribution in [2.75, 3.05) is 20.0 Å². The lowest BCUT2D eigenvalue weighted by Gasteiger charge is -2.12. The number of nitriles is 1. The number of hydrogen-bond acceptors (Lipinski definition) is 4. The summed E-state index contributed by atoms with van der Waals surface area (Å²) >= 11 is 5.85. The molecule has 1 aromatic carbocycles. The third-order valence-corrected chi connectivity index (χ3v) is 2.04. The number of nitrogens with two attached hydrogens (primary N) is 1. The third-order valence-electron chi connectivity index (χ3n) is 1.76. The highest BCUT2D eigenvalue weighted by Crippen LogP contribution is 2.41. The zero-order valence-corrected chi connectivity index (χ0v) is 8.55. The maximum atomic E-state index is 8.74. The molecule has 0 atom stereocenters. The molecule has 0 aliphatic rings. The molecule has 0 saturated carbocycles. The highest BCUT2D eigenvalue weighted by Gasteiger charge is 2.16. The summed E-state index contributed by atoms with van der Waals surface area (Å²) in [6, 6.07) is 3.36. The van der Waals surface area contributed by atoms with Gasteiger partial charge in [0.2, 0.25) is 0 Å². The van der Waals surface area contributed by atoms with Crippen molar-refractivity contribution in [3.8, 4) is 17.6 Å². The maximum absolute atomic E-state index is 8.74. The van der Waals surface area contributed by atoms with E-state index >= 15 is 0 Å². The largest absolute Gasteiger partial charge is 0.491 e. The van der Waals surface area contributed by atoms with Crippen LogP contribution in [0, 0.1) is 11.3 Å². The van der Waals surface area contributed by atoms with Crippen LogP contribution in [0.1, 0.15) is 5.56 Å². The molecule has 14 heavy (non-hydrogen) atoms. The van der Waals surface area contributed by atoms with Gasteiger partial charge in [0.1, 0.15) is 6.07 Å². The first kappa shape index (κ1) is 10.5. The number of methoxy groups -OCH3 is 2. The molecule has 0 aliphatic carbocycles. The maximum Gasteiger partial charge on any atom is 0.186 e. The molecule has 4 nitrogen and oxygen atoms in total. The Labute approximate surface area is 86.8 Å². The van der Waals surface area contributed by atoms with E-state index in [9.17, 15) is 0 Å². The van der Waals surface area contributed by atoms with E-state index in [0.717, 1.165) is 0 Å². The lowest BCUT2D eigenvalue weighted by molar-refractivity contribution is 0.356. The zero-order chi connectivity index (χ0) is 10.7. The number of hydrogen-bond donors (Lipinski definition) is 1. The molecule has 0 fully saturated rings. The van der Waals surface area contributed by atoms with Crippen LogP contribution < -0.4 is 15.2 Å². The van der Waals surface area contributed by atoms with Crippen LogP contribution in [-0.4, -0.2) is 14.2 Å². The van der Waals surface area contributed by atoms with Crippen molar-refractivity contribution in [3.05, 3.63) is 16.7 Å². The van der Waals surface area contributed by atoms with Gasteiger partial charge in [-0.25, -0.2) is 0 Å². The quantitative estimate of drug-likeness (QED) is 0.760. The Hall–Kier alpha value is -1.60. The van der Waals surface area contributed by atoms with Crippen LogP contribution in [0.3, 0.4) is 0 Å². The number of rotatable bonds is 2. The fraction of sp³-hybridized carbons (Fsp3) is 0.222. The van der Waals surface area contributed by atoms with E-state index in [-0.39, 0.29) is 17.0 Å². The summed E-state index contributed by atoms with van der Waals surface area (Å²) in [6.45, 7) is 0. The molecule has 0 radical (unpaired) electrons. The smallest absolute Gasteiger partial charge is 0.186 e. The van der Waals surface area contributed by atoms with E-state index in [1.165, 1.54) is 20.3 Å². The molecular formula is C9H9ClN2O2. The van der Waals surface area contributed by atoms with Gasteiger partial charge in [0, 0.05) is 0 Å². The Kier molecular flexibility index (Phi) is 3.05. The highest BCUT2D eigenvalue weighted by molar-refractivity contribution is 6.32. The standard InChI is InChI=1S/C9H9ClN2O2/c1-13-8-6(10)3-5(4-11)7(12)9(8)14-2/h3H,12H2,1-2H3. The molecule has 1 rings (SSSR count). The van der Waals surface area contributed by atoms with Crippen LogP contribution in [0.25, 0.3) is 0 Å². The van der Waals surface area contributed by atoms with Gasteiger partial charge < -0.3 is 15.2 Å².